The van der Waals surface area contributed by atoms with Gasteiger partial charge in [-0.25, -0.2) is 14.3 Å². The fraction of sp³-hybridized carbons (Fsp3) is 0.308. The van der Waals surface area contributed by atoms with E-state index in [4.69, 9.17) is 9.26 Å². The van der Waals surface area contributed by atoms with Crippen LogP contribution in [0.2, 0.25) is 0 Å². The number of rotatable bonds is 6. The van der Waals surface area contributed by atoms with Crippen molar-refractivity contribution in [2.45, 2.75) is 52.1 Å². The first-order valence-electron chi connectivity index (χ1n) is 11.0. The van der Waals surface area contributed by atoms with Crippen molar-refractivity contribution in [1.29, 1.82) is 0 Å². The van der Waals surface area contributed by atoms with Crippen LogP contribution in [0, 0.1) is 0 Å². The lowest BCUT2D eigenvalue weighted by atomic mass is 10.0. The van der Waals surface area contributed by atoms with Gasteiger partial charge in [-0.15, -0.1) is 0 Å². The number of nitrogens with zero attached hydrogens (tertiary/aromatic N) is 4. The fourth-order valence-electron chi connectivity index (χ4n) is 3.45. The Kier molecular flexibility index (Phi) is 6.40. The van der Waals surface area contributed by atoms with Crippen LogP contribution in [0.1, 0.15) is 56.6 Å². The number of carbonyl (C=O) groups is 1. The number of hydrogen-bond donors (Lipinski definition) is 0. The lowest BCUT2D eigenvalue weighted by molar-refractivity contribution is 0.0536. The maximum absolute atomic E-state index is 12.2. The van der Waals surface area contributed by atoms with Crippen LogP contribution in [0.25, 0.3) is 11.1 Å². The van der Waals surface area contributed by atoms with E-state index in [1.54, 1.807) is 6.20 Å². The lowest BCUT2D eigenvalue weighted by Gasteiger charge is -2.19. The molecule has 0 aliphatic rings. The molecule has 0 aliphatic carbocycles. The van der Waals surface area contributed by atoms with Crippen molar-refractivity contribution >= 4 is 6.09 Å². The molecule has 7 nitrogen and oxygen atoms in total. The summed E-state index contributed by atoms with van der Waals surface area (Å²) in [5.41, 5.74) is 3.67. The van der Waals surface area contributed by atoms with Gasteiger partial charge >= 0.3 is 6.09 Å². The standard InChI is InChI=1S/C26H28N4O3/c1-18(14-22-16-30(17-27-22)25(31)32-26(2,3)4)24-28-23(29-33-24)15-19-10-12-21(13-11-19)20-8-6-5-7-9-20/h5-13,16-18H,14-15H2,1-4H3/t18-/m0/s1. The number of aromatic nitrogens is 4. The predicted octanol–water partition coefficient (Wildman–Crippen LogP) is 5.65. The van der Waals surface area contributed by atoms with E-state index in [1.807, 2.05) is 45.9 Å². The Morgan fingerprint density at radius 3 is 2.45 bits per heavy atom. The van der Waals surface area contributed by atoms with E-state index in [2.05, 4.69) is 51.5 Å². The van der Waals surface area contributed by atoms with Gasteiger partial charge in [-0.2, -0.15) is 4.98 Å². The van der Waals surface area contributed by atoms with Gasteiger partial charge in [-0.05, 0) is 37.5 Å². The van der Waals surface area contributed by atoms with E-state index >= 15 is 0 Å². The first-order chi connectivity index (χ1) is 15.8. The van der Waals surface area contributed by atoms with Crippen molar-refractivity contribution in [3.8, 4) is 11.1 Å². The topological polar surface area (TPSA) is 83.0 Å². The highest BCUT2D eigenvalue weighted by atomic mass is 16.6. The largest absolute Gasteiger partial charge is 0.443 e. The molecule has 0 bridgehead atoms. The molecular weight excluding hydrogens is 416 g/mol. The van der Waals surface area contributed by atoms with Crippen molar-refractivity contribution in [2.75, 3.05) is 0 Å². The average molecular weight is 445 g/mol. The van der Waals surface area contributed by atoms with Gasteiger partial charge < -0.3 is 9.26 Å². The summed E-state index contributed by atoms with van der Waals surface area (Å²) >= 11 is 0. The quantitative estimate of drug-likeness (QED) is 0.382. The van der Waals surface area contributed by atoms with Gasteiger partial charge in [0.15, 0.2) is 5.82 Å². The van der Waals surface area contributed by atoms with Gasteiger partial charge in [0.2, 0.25) is 5.89 Å². The third-order valence-electron chi connectivity index (χ3n) is 5.08. The second-order valence-electron chi connectivity index (χ2n) is 9.15. The van der Waals surface area contributed by atoms with E-state index < -0.39 is 11.7 Å². The second-order valence-corrected chi connectivity index (χ2v) is 9.15. The summed E-state index contributed by atoms with van der Waals surface area (Å²) in [6, 6.07) is 18.7. The summed E-state index contributed by atoms with van der Waals surface area (Å²) < 4.78 is 12.2. The Labute approximate surface area is 193 Å². The minimum atomic E-state index is -0.559. The molecule has 0 N–H and O–H groups in total. The zero-order valence-corrected chi connectivity index (χ0v) is 19.4. The molecule has 0 saturated carbocycles. The summed E-state index contributed by atoms with van der Waals surface area (Å²) in [5.74, 6) is 1.16. The molecule has 0 amide bonds. The summed E-state index contributed by atoms with van der Waals surface area (Å²) in [4.78, 5) is 21.0. The van der Waals surface area contributed by atoms with Crippen molar-refractivity contribution in [1.82, 2.24) is 19.7 Å². The molecule has 4 rings (SSSR count). The molecule has 33 heavy (non-hydrogen) atoms. The third-order valence-corrected chi connectivity index (χ3v) is 5.08. The van der Waals surface area contributed by atoms with E-state index in [-0.39, 0.29) is 5.92 Å². The van der Waals surface area contributed by atoms with Crippen LogP contribution in [-0.4, -0.2) is 31.4 Å². The number of carbonyl (C=O) groups excluding carboxylic acids is 1. The van der Waals surface area contributed by atoms with Gasteiger partial charge in [-0.1, -0.05) is 66.7 Å². The van der Waals surface area contributed by atoms with Gasteiger partial charge in [0, 0.05) is 25.0 Å². The van der Waals surface area contributed by atoms with Crippen molar-refractivity contribution in [2.24, 2.45) is 0 Å². The van der Waals surface area contributed by atoms with Crippen molar-refractivity contribution in [3.63, 3.8) is 0 Å². The highest BCUT2D eigenvalue weighted by molar-refractivity contribution is 5.70. The molecule has 0 spiro atoms. The van der Waals surface area contributed by atoms with E-state index in [9.17, 15) is 4.79 Å². The summed E-state index contributed by atoms with van der Waals surface area (Å²) in [7, 11) is 0. The molecule has 2 heterocycles. The minimum absolute atomic E-state index is 0.0336. The predicted molar refractivity (Wildman–Crippen MR) is 125 cm³/mol. The Balaban J connectivity index is 1.36. The van der Waals surface area contributed by atoms with Crippen LogP contribution < -0.4 is 0 Å². The Bertz CT molecular complexity index is 1200. The van der Waals surface area contributed by atoms with E-state index in [1.165, 1.54) is 22.0 Å². The van der Waals surface area contributed by atoms with Gasteiger partial charge in [-0.3, -0.25) is 0 Å². The molecule has 0 radical (unpaired) electrons. The van der Waals surface area contributed by atoms with Crippen LogP contribution in [0.5, 0.6) is 0 Å². The first-order valence-corrected chi connectivity index (χ1v) is 11.0. The summed E-state index contributed by atoms with van der Waals surface area (Å²) in [6.45, 7) is 7.49. The van der Waals surface area contributed by atoms with E-state index in [0.29, 0.717) is 24.6 Å². The van der Waals surface area contributed by atoms with Crippen LogP contribution in [0.4, 0.5) is 4.79 Å². The monoisotopic (exact) mass is 444 g/mol. The van der Waals surface area contributed by atoms with Crippen LogP contribution >= 0.6 is 0 Å². The molecule has 170 valence electrons. The number of ether oxygens (including phenoxy) is 1. The van der Waals surface area contributed by atoms with Gasteiger partial charge in [0.1, 0.15) is 11.9 Å². The van der Waals surface area contributed by atoms with Gasteiger partial charge in [0.05, 0.1) is 5.69 Å². The molecule has 1 atom stereocenters. The Hall–Kier alpha value is -3.74. The number of hydrogen-bond acceptors (Lipinski definition) is 6. The van der Waals surface area contributed by atoms with E-state index in [0.717, 1.165) is 11.3 Å². The van der Waals surface area contributed by atoms with Crippen molar-refractivity contribution in [3.05, 3.63) is 90.1 Å². The Morgan fingerprint density at radius 2 is 1.76 bits per heavy atom. The highest BCUT2D eigenvalue weighted by Gasteiger charge is 2.20. The Morgan fingerprint density at radius 1 is 1.06 bits per heavy atom. The fourth-order valence-corrected chi connectivity index (χ4v) is 3.45. The third kappa shape index (κ3) is 5.94. The van der Waals surface area contributed by atoms with Crippen molar-refractivity contribution < 1.29 is 14.1 Å². The summed E-state index contributed by atoms with van der Waals surface area (Å²) in [5, 5.41) is 4.14. The first kappa shape index (κ1) is 22.5. The summed E-state index contributed by atoms with van der Waals surface area (Å²) in [6.07, 6.45) is 3.86. The minimum Gasteiger partial charge on any atom is -0.443 e. The molecule has 0 saturated heterocycles. The number of benzene rings is 2. The molecule has 7 heteroatoms. The van der Waals surface area contributed by atoms with Crippen LogP contribution in [0.3, 0.4) is 0 Å². The zero-order valence-electron chi connectivity index (χ0n) is 19.4. The normalized spacial score (nSPS) is 12.5. The molecule has 2 aromatic heterocycles. The smallest absolute Gasteiger partial charge is 0.419 e. The lowest BCUT2D eigenvalue weighted by Crippen LogP contribution is -2.26. The number of imidazole rings is 1. The van der Waals surface area contributed by atoms with Crippen LogP contribution in [-0.2, 0) is 17.6 Å². The zero-order chi connectivity index (χ0) is 23.4. The molecule has 0 fully saturated rings. The maximum atomic E-state index is 12.2. The highest BCUT2D eigenvalue weighted by Crippen LogP contribution is 2.22. The molecule has 0 aliphatic heterocycles. The molecule has 2 aromatic carbocycles. The second kappa shape index (κ2) is 9.40. The average Bonchev–Trinajstić information content (AvgIpc) is 3.44. The van der Waals surface area contributed by atoms with Crippen LogP contribution in [0.15, 0.2) is 71.6 Å². The SMILES string of the molecule is C[C@@H](Cc1cn(C(=O)OC(C)(C)C)cn1)c1nc(Cc2ccc(-c3ccccc3)cc2)no1. The van der Waals surface area contributed by atoms with Gasteiger partial charge in [0.25, 0.3) is 0 Å². The maximum Gasteiger partial charge on any atom is 0.419 e. The molecule has 4 aromatic rings. The molecular formula is C26H28N4O3. The molecule has 0 unspecified atom stereocenters.